The van der Waals surface area contributed by atoms with Gasteiger partial charge in [-0.05, 0) is 57.0 Å². The maximum atomic E-state index is 11.8. The van der Waals surface area contributed by atoms with E-state index in [1.54, 1.807) is 6.33 Å². The molecule has 0 unspecified atom stereocenters. The third-order valence-corrected chi connectivity index (χ3v) is 4.42. The van der Waals surface area contributed by atoms with Crippen LogP contribution in [0.2, 0.25) is 0 Å². The summed E-state index contributed by atoms with van der Waals surface area (Å²) in [7, 11) is 0. The van der Waals surface area contributed by atoms with Gasteiger partial charge in [-0.25, -0.2) is 4.98 Å². The van der Waals surface area contributed by atoms with Gasteiger partial charge in [0.2, 0.25) is 5.91 Å². The summed E-state index contributed by atoms with van der Waals surface area (Å²) >= 11 is 0. The Morgan fingerprint density at radius 3 is 2.75 bits per heavy atom. The zero-order valence-electron chi connectivity index (χ0n) is 12.0. The highest BCUT2D eigenvalue weighted by Crippen LogP contribution is 2.27. The topological polar surface area (TPSA) is 61.0 Å². The van der Waals surface area contributed by atoms with Gasteiger partial charge in [-0.3, -0.25) is 9.69 Å². The third kappa shape index (κ3) is 4.07. The largest absolute Gasteiger partial charge is 0.355 e. The molecule has 1 amide bonds. The Labute approximate surface area is 120 Å². The molecule has 2 fully saturated rings. The van der Waals surface area contributed by atoms with Crippen LogP contribution in [0.25, 0.3) is 0 Å². The molecule has 1 saturated carbocycles. The van der Waals surface area contributed by atoms with E-state index < -0.39 is 0 Å². The van der Waals surface area contributed by atoms with Gasteiger partial charge in [0.05, 0.1) is 12.9 Å². The minimum atomic E-state index is 0.198. The fourth-order valence-corrected chi connectivity index (χ4v) is 2.90. The van der Waals surface area contributed by atoms with Crippen molar-refractivity contribution in [2.24, 2.45) is 11.8 Å². The summed E-state index contributed by atoms with van der Waals surface area (Å²) in [6, 6.07) is 0. The van der Waals surface area contributed by atoms with Gasteiger partial charge in [-0.15, -0.1) is 0 Å². The number of carbonyl (C=O) groups is 1. The number of hydrogen-bond acceptors (Lipinski definition) is 3. The van der Waals surface area contributed by atoms with E-state index in [0.29, 0.717) is 6.54 Å². The zero-order valence-corrected chi connectivity index (χ0v) is 12.0. The highest BCUT2D eigenvalue weighted by molar-refractivity contribution is 5.78. The van der Waals surface area contributed by atoms with Crippen molar-refractivity contribution in [3.63, 3.8) is 0 Å². The quantitative estimate of drug-likeness (QED) is 0.820. The van der Waals surface area contributed by atoms with E-state index in [1.807, 2.05) is 6.20 Å². The van der Waals surface area contributed by atoms with E-state index in [-0.39, 0.29) is 5.91 Å². The maximum Gasteiger partial charge on any atom is 0.234 e. The normalized spacial score (nSPS) is 21.0. The van der Waals surface area contributed by atoms with Crippen molar-refractivity contribution < 1.29 is 4.79 Å². The van der Waals surface area contributed by atoms with Crippen LogP contribution in [0.4, 0.5) is 0 Å². The van der Waals surface area contributed by atoms with Crippen LogP contribution in [0.3, 0.4) is 0 Å². The number of aromatic nitrogens is 2. The first kappa shape index (κ1) is 13.6. The summed E-state index contributed by atoms with van der Waals surface area (Å²) in [6.07, 6.45) is 9.68. The SMILES string of the molecule is O=C(CN1CCC(Cc2cnc[nH]2)CC1)NCC1CC1. The standard InChI is InChI=1S/C15H24N4O/c20-15(17-8-13-1-2-13)10-19-5-3-12(4-6-19)7-14-9-16-11-18-14/h9,11-13H,1-8,10H2,(H,16,18)(H,17,20). The van der Waals surface area contributed by atoms with Crippen LogP contribution < -0.4 is 5.32 Å². The first-order valence-corrected chi connectivity index (χ1v) is 7.76. The highest BCUT2D eigenvalue weighted by atomic mass is 16.2. The lowest BCUT2D eigenvalue weighted by Gasteiger charge is -2.31. The first-order chi connectivity index (χ1) is 9.79. The fraction of sp³-hybridized carbons (Fsp3) is 0.733. The van der Waals surface area contributed by atoms with Gasteiger partial charge in [-0.2, -0.15) is 0 Å². The first-order valence-electron chi connectivity index (χ1n) is 7.76. The summed E-state index contributed by atoms with van der Waals surface area (Å²) < 4.78 is 0. The monoisotopic (exact) mass is 276 g/mol. The minimum Gasteiger partial charge on any atom is -0.355 e. The van der Waals surface area contributed by atoms with Crippen molar-refractivity contribution >= 4 is 5.91 Å². The predicted molar refractivity (Wildman–Crippen MR) is 77.2 cm³/mol. The number of likely N-dealkylation sites (tertiary alicyclic amines) is 1. The number of H-pyrrole nitrogens is 1. The van der Waals surface area contributed by atoms with Crippen LogP contribution in [0.15, 0.2) is 12.5 Å². The summed E-state index contributed by atoms with van der Waals surface area (Å²) in [5.41, 5.74) is 1.23. The van der Waals surface area contributed by atoms with Gasteiger partial charge in [0, 0.05) is 18.4 Å². The Hall–Kier alpha value is -1.36. The predicted octanol–water partition coefficient (Wildman–Crippen LogP) is 1.19. The van der Waals surface area contributed by atoms with Crippen molar-refractivity contribution in [1.29, 1.82) is 0 Å². The lowest BCUT2D eigenvalue weighted by atomic mass is 9.92. The molecule has 0 atom stereocenters. The van der Waals surface area contributed by atoms with E-state index in [0.717, 1.165) is 37.9 Å². The van der Waals surface area contributed by atoms with E-state index >= 15 is 0 Å². The van der Waals surface area contributed by atoms with Crippen molar-refractivity contribution in [3.8, 4) is 0 Å². The zero-order chi connectivity index (χ0) is 13.8. The number of piperidine rings is 1. The van der Waals surface area contributed by atoms with E-state index in [1.165, 1.54) is 31.4 Å². The Kier molecular flexibility index (Phi) is 4.35. The van der Waals surface area contributed by atoms with Crippen LogP contribution in [0.5, 0.6) is 0 Å². The average molecular weight is 276 g/mol. The molecule has 2 N–H and O–H groups in total. The maximum absolute atomic E-state index is 11.8. The molecular formula is C15H24N4O. The van der Waals surface area contributed by atoms with Crippen LogP contribution in [-0.2, 0) is 11.2 Å². The van der Waals surface area contributed by atoms with Crippen LogP contribution in [-0.4, -0.2) is 47.0 Å². The molecule has 1 aliphatic heterocycles. The molecule has 0 spiro atoms. The summed E-state index contributed by atoms with van der Waals surface area (Å²) in [6.45, 7) is 3.53. The van der Waals surface area contributed by atoms with Gasteiger partial charge in [0.1, 0.15) is 0 Å². The lowest BCUT2D eigenvalue weighted by molar-refractivity contribution is -0.122. The van der Waals surface area contributed by atoms with E-state index in [4.69, 9.17) is 0 Å². The second-order valence-electron chi connectivity index (χ2n) is 6.25. The summed E-state index contributed by atoms with van der Waals surface area (Å²) in [5.74, 6) is 1.68. The molecule has 1 aromatic rings. The van der Waals surface area contributed by atoms with Crippen molar-refractivity contribution in [1.82, 2.24) is 20.2 Å². The second-order valence-corrected chi connectivity index (χ2v) is 6.25. The lowest BCUT2D eigenvalue weighted by Crippen LogP contribution is -2.42. The Balaban J connectivity index is 1.34. The number of hydrogen-bond donors (Lipinski definition) is 2. The molecule has 1 saturated heterocycles. The fourth-order valence-electron chi connectivity index (χ4n) is 2.90. The highest BCUT2D eigenvalue weighted by Gasteiger charge is 2.24. The van der Waals surface area contributed by atoms with Crippen molar-refractivity contribution in [2.45, 2.75) is 32.1 Å². The molecule has 2 heterocycles. The summed E-state index contributed by atoms with van der Waals surface area (Å²) in [4.78, 5) is 21.3. The molecule has 1 aliphatic carbocycles. The number of imidazole rings is 1. The van der Waals surface area contributed by atoms with E-state index in [9.17, 15) is 4.79 Å². The molecule has 0 bridgehead atoms. The van der Waals surface area contributed by atoms with Crippen molar-refractivity contribution in [3.05, 3.63) is 18.2 Å². The Morgan fingerprint density at radius 1 is 1.30 bits per heavy atom. The van der Waals surface area contributed by atoms with Gasteiger partial charge < -0.3 is 10.3 Å². The number of nitrogens with zero attached hydrogens (tertiary/aromatic N) is 2. The van der Waals surface area contributed by atoms with Gasteiger partial charge >= 0.3 is 0 Å². The van der Waals surface area contributed by atoms with Crippen LogP contribution >= 0.6 is 0 Å². The van der Waals surface area contributed by atoms with E-state index in [2.05, 4.69) is 20.2 Å². The van der Waals surface area contributed by atoms with Crippen LogP contribution in [0.1, 0.15) is 31.4 Å². The Bertz CT molecular complexity index is 419. The Morgan fingerprint density at radius 2 is 2.10 bits per heavy atom. The van der Waals surface area contributed by atoms with Crippen LogP contribution in [0, 0.1) is 11.8 Å². The number of carbonyl (C=O) groups excluding carboxylic acids is 1. The van der Waals surface area contributed by atoms with Crippen molar-refractivity contribution in [2.75, 3.05) is 26.2 Å². The average Bonchev–Trinajstić information content (AvgIpc) is 3.15. The van der Waals surface area contributed by atoms with Gasteiger partial charge in [0.25, 0.3) is 0 Å². The molecule has 5 heteroatoms. The number of amides is 1. The third-order valence-electron chi connectivity index (χ3n) is 4.42. The van der Waals surface area contributed by atoms with Gasteiger partial charge in [0.15, 0.2) is 0 Å². The minimum absolute atomic E-state index is 0.198. The molecule has 3 rings (SSSR count). The number of aromatic amines is 1. The molecule has 5 nitrogen and oxygen atoms in total. The molecule has 0 aromatic carbocycles. The smallest absolute Gasteiger partial charge is 0.234 e. The second kappa shape index (κ2) is 6.39. The number of rotatable bonds is 6. The summed E-state index contributed by atoms with van der Waals surface area (Å²) in [5, 5.41) is 3.05. The molecule has 1 aromatic heterocycles. The molecule has 0 radical (unpaired) electrons. The molecular weight excluding hydrogens is 252 g/mol. The van der Waals surface area contributed by atoms with Gasteiger partial charge in [-0.1, -0.05) is 0 Å². The molecule has 20 heavy (non-hydrogen) atoms. The number of nitrogens with one attached hydrogen (secondary N) is 2. The molecule has 2 aliphatic rings. The molecule has 110 valence electrons.